The molecule has 0 bridgehead atoms. The number of aromatic nitrogens is 3. The molecule has 0 fully saturated rings. The molecule has 1 aromatic heterocycles. The molecule has 0 saturated heterocycles. The second-order valence-corrected chi connectivity index (χ2v) is 4.91. The van der Waals surface area contributed by atoms with Crippen LogP contribution in [0.3, 0.4) is 0 Å². The highest BCUT2D eigenvalue weighted by atomic mass is 32.2. The molecule has 0 aliphatic rings. The molecule has 2 aromatic rings. The van der Waals surface area contributed by atoms with E-state index in [9.17, 15) is 4.79 Å². The summed E-state index contributed by atoms with van der Waals surface area (Å²) in [6, 6.07) is 9.77. The fourth-order valence-electron chi connectivity index (χ4n) is 1.48. The van der Waals surface area contributed by atoms with Crippen molar-refractivity contribution in [3.63, 3.8) is 0 Å². The molecule has 1 heterocycles. The van der Waals surface area contributed by atoms with Crippen LogP contribution in [0.5, 0.6) is 0 Å². The summed E-state index contributed by atoms with van der Waals surface area (Å²) in [4.78, 5) is 15.8. The molecule has 19 heavy (non-hydrogen) atoms. The van der Waals surface area contributed by atoms with Crippen molar-refractivity contribution in [1.29, 1.82) is 0 Å². The summed E-state index contributed by atoms with van der Waals surface area (Å²) in [5.74, 6) is 1.07. The van der Waals surface area contributed by atoms with E-state index in [1.54, 1.807) is 0 Å². The molecular weight excluding hydrogens is 260 g/mol. The van der Waals surface area contributed by atoms with Gasteiger partial charge in [-0.25, -0.2) is 4.98 Å². The van der Waals surface area contributed by atoms with Crippen LogP contribution in [-0.4, -0.2) is 33.4 Å². The van der Waals surface area contributed by atoms with Gasteiger partial charge in [0.1, 0.15) is 0 Å². The topological polar surface area (TPSA) is 70.7 Å². The molecule has 0 radical (unpaired) electrons. The van der Waals surface area contributed by atoms with Crippen molar-refractivity contribution in [2.75, 3.05) is 12.3 Å². The highest BCUT2D eigenvalue weighted by Crippen LogP contribution is 2.18. The van der Waals surface area contributed by atoms with E-state index < -0.39 is 0 Å². The summed E-state index contributed by atoms with van der Waals surface area (Å²) in [7, 11) is 0. The largest absolute Gasteiger partial charge is 0.355 e. The SMILES string of the molecule is CCCNC(=O)CSc1n[nH]c(-c2ccccc2)n1. The van der Waals surface area contributed by atoms with Gasteiger partial charge >= 0.3 is 0 Å². The van der Waals surface area contributed by atoms with Gasteiger partial charge in [0.05, 0.1) is 5.75 Å². The lowest BCUT2D eigenvalue weighted by atomic mass is 10.2. The van der Waals surface area contributed by atoms with Crippen molar-refractivity contribution in [2.24, 2.45) is 0 Å². The number of benzene rings is 1. The van der Waals surface area contributed by atoms with Crippen LogP contribution in [0.15, 0.2) is 35.5 Å². The molecule has 0 spiro atoms. The molecule has 0 aliphatic carbocycles. The van der Waals surface area contributed by atoms with Crippen LogP contribution in [0.4, 0.5) is 0 Å². The van der Waals surface area contributed by atoms with Gasteiger partial charge in [0.25, 0.3) is 0 Å². The maximum Gasteiger partial charge on any atom is 0.230 e. The Bertz CT molecular complexity index is 526. The molecule has 6 heteroatoms. The maximum absolute atomic E-state index is 11.5. The number of H-pyrrole nitrogens is 1. The molecular formula is C13H16N4OS. The monoisotopic (exact) mass is 276 g/mol. The third kappa shape index (κ3) is 4.10. The van der Waals surface area contributed by atoms with Gasteiger partial charge in [-0.15, -0.1) is 5.10 Å². The summed E-state index contributed by atoms with van der Waals surface area (Å²) in [5.41, 5.74) is 0.984. The van der Waals surface area contributed by atoms with Gasteiger partial charge in [-0.3, -0.25) is 9.89 Å². The van der Waals surface area contributed by atoms with Crippen molar-refractivity contribution in [2.45, 2.75) is 18.5 Å². The number of thioether (sulfide) groups is 1. The number of nitrogens with zero attached hydrogens (tertiary/aromatic N) is 2. The van der Waals surface area contributed by atoms with Crippen LogP contribution in [-0.2, 0) is 4.79 Å². The highest BCUT2D eigenvalue weighted by Gasteiger charge is 2.08. The molecule has 0 atom stereocenters. The summed E-state index contributed by atoms with van der Waals surface area (Å²) in [5, 5.41) is 10.4. The van der Waals surface area contributed by atoms with E-state index in [0.717, 1.165) is 17.8 Å². The first-order chi connectivity index (χ1) is 9.29. The molecule has 1 aromatic carbocycles. The molecule has 1 amide bonds. The first-order valence-electron chi connectivity index (χ1n) is 6.17. The van der Waals surface area contributed by atoms with E-state index in [0.29, 0.717) is 17.5 Å². The van der Waals surface area contributed by atoms with Crippen molar-refractivity contribution >= 4 is 17.7 Å². The van der Waals surface area contributed by atoms with Crippen LogP contribution < -0.4 is 5.32 Å². The third-order valence-electron chi connectivity index (χ3n) is 2.42. The number of rotatable bonds is 6. The van der Waals surface area contributed by atoms with Crippen LogP contribution in [0.2, 0.25) is 0 Å². The fourth-order valence-corrected chi connectivity index (χ4v) is 2.11. The Hall–Kier alpha value is -1.82. The number of carbonyl (C=O) groups excluding carboxylic acids is 1. The molecule has 2 rings (SSSR count). The molecule has 2 N–H and O–H groups in total. The lowest BCUT2D eigenvalue weighted by Gasteiger charge is -2.00. The van der Waals surface area contributed by atoms with Crippen LogP contribution >= 0.6 is 11.8 Å². The standard InChI is InChI=1S/C13H16N4OS/c1-2-8-14-11(18)9-19-13-15-12(16-17-13)10-6-4-3-5-7-10/h3-7H,2,8-9H2,1H3,(H,14,18)(H,15,16,17). The molecule has 0 aliphatic heterocycles. The van der Waals surface area contributed by atoms with E-state index in [-0.39, 0.29) is 5.91 Å². The summed E-state index contributed by atoms with van der Waals surface area (Å²) in [6.07, 6.45) is 0.940. The van der Waals surface area contributed by atoms with E-state index in [1.165, 1.54) is 11.8 Å². The highest BCUT2D eigenvalue weighted by molar-refractivity contribution is 7.99. The number of hydrogen-bond donors (Lipinski definition) is 2. The fraction of sp³-hybridized carbons (Fsp3) is 0.308. The normalized spacial score (nSPS) is 10.4. The van der Waals surface area contributed by atoms with Gasteiger partial charge in [0, 0.05) is 12.1 Å². The van der Waals surface area contributed by atoms with Crippen LogP contribution in [0.25, 0.3) is 11.4 Å². The molecule has 0 unspecified atom stereocenters. The zero-order valence-electron chi connectivity index (χ0n) is 10.7. The third-order valence-corrected chi connectivity index (χ3v) is 3.26. The number of aromatic amines is 1. The lowest BCUT2D eigenvalue weighted by Crippen LogP contribution is -2.25. The van der Waals surface area contributed by atoms with E-state index in [2.05, 4.69) is 20.5 Å². The Morgan fingerprint density at radius 2 is 2.16 bits per heavy atom. The van der Waals surface area contributed by atoms with Gasteiger partial charge in [-0.2, -0.15) is 0 Å². The number of nitrogens with one attached hydrogen (secondary N) is 2. The number of hydrogen-bond acceptors (Lipinski definition) is 4. The Labute approximate surface area is 116 Å². The second-order valence-electron chi connectivity index (χ2n) is 3.97. The number of carbonyl (C=O) groups is 1. The van der Waals surface area contributed by atoms with Crippen LogP contribution in [0, 0.1) is 0 Å². The first-order valence-corrected chi connectivity index (χ1v) is 7.15. The van der Waals surface area contributed by atoms with Crippen molar-refractivity contribution in [1.82, 2.24) is 20.5 Å². The minimum absolute atomic E-state index is 0.0120. The van der Waals surface area contributed by atoms with Gasteiger partial charge in [0.15, 0.2) is 5.82 Å². The maximum atomic E-state index is 11.5. The Morgan fingerprint density at radius 1 is 1.37 bits per heavy atom. The zero-order chi connectivity index (χ0) is 13.5. The smallest absolute Gasteiger partial charge is 0.230 e. The lowest BCUT2D eigenvalue weighted by molar-refractivity contribution is -0.118. The number of amides is 1. The van der Waals surface area contributed by atoms with Gasteiger partial charge < -0.3 is 5.32 Å². The van der Waals surface area contributed by atoms with Crippen LogP contribution in [0.1, 0.15) is 13.3 Å². The molecule has 100 valence electrons. The summed E-state index contributed by atoms with van der Waals surface area (Å²) in [6.45, 7) is 2.73. The average molecular weight is 276 g/mol. The summed E-state index contributed by atoms with van der Waals surface area (Å²) >= 11 is 1.33. The van der Waals surface area contributed by atoms with E-state index >= 15 is 0 Å². The summed E-state index contributed by atoms with van der Waals surface area (Å²) < 4.78 is 0. The van der Waals surface area contributed by atoms with Crippen molar-refractivity contribution in [3.05, 3.63) is 30.3 Å². The minimum atomic E-state index is 0.0120. The van der Waals surface area contributed by atoms with Gasteiger partial charge in [-0.1, -0.05) is 49.0 Å². The quantitative estimate of drug-likeness (QED) is 0.793. The Morgan fingerprint density at radius 3 is 2.89 bits per heavy atom. The van der Waals surface area contributed by atoms with Gasteiger partial charge in [-0.05, 0) is 6.42 Å². The van der Waals surface area contributed by atoms with E-state index in [4.69, 9.17) is 0 Å². The Kier molecular flexibility index (Phi) is 4.97. The van der Waals surface area contributed by atoms with Crippen molar-refractivity contribution < 1.29 is 4.79 Å². The van der Waals surface area contributed by atoms with Crippen molar-refractivity contribution in [3.8, 4) is 11.4 Å². The predicted molar refractivity (Wildman–Crippen MR) is 75.8 cm³/mol. The second kappa shape index (κ2) is 6.94. The van der Waals surface area contributed by atoms with Gasteiger partial charge in [0.2, 0.25) is 11.1 Å². The predicted octanol–water partition coefficient (Wildman–Crippen LogP) is 2.09. The average Bonchev–Trinajstić information content (AvgIpc) is 2.93. The first kappa shape index (κ1) is 13.6. The Balaban J connectivity index is 1.90. The van der Waals surface area contributed by atoms with E-state index in [1.807, 2.05) is 37.3 Å². The zero-order valence-corrected chi connectivity index (χ0v) is 11.5. The molecule has 0 saturated carbocycles. The minimum Gasteiger partial charge on any atom is -0.355 e. The molecule has 5 nitrogen and oxygen atoms in total.